The summed E-state index contributed by atoms with van der Waals surface area (Å²) in [6.45, 7) is 1.99. The van der Waals surface area contributed by atoms with Crippen LogP contribution in [0.15, 0.2) is 75.7 Å². The third-order valence-electron chi connectivity index (χ3n) is 4.33. The summed E-state index contributed by atoms with van der Waals surface area (Å²) >= 11 is 2.71. The Labute approximate surface area is 181 Å². The maximum atomic E-state index is 13.3. The van der Waals surface area contributed by atoms with Crippen LogP contribution in [0.5, 0.6) is 0 Å². The van der Waals surface area contributed by atoms with Crippen LogP contribution in [0.2, 0.25) is 0 Å². The van der Waals surface area contributed by atoms with Gasteiger partial charge in [0.1, 0.15) is 5.82 Å². The van der Waals surface area contributed by atoms with E-state index in [1.54, 1.807) is 12.1 Å². The Balaban J connectivity index is 1.41. The van der Waals surface area contributed by atoms with Crippen molar-refractivity contribution in [2.75, 3.05) is 5.75 Å². The Morgan fingerprint density at radius 2 is 2.00 bits per heavy atom. The zero-order chi connectivity index (χ0) is 20.9. The summed E-state index contributed by atoms with van der Waals surface area (Å²) in [6, 6.07) is 17.4. The standard InChI is InChI=1S/C22H18FN3O2S2/c1-14-4-2-5-16(12-14)21-25-26-22(28-21)30-13-19(27)24-20(18-6-3-11-29-18)15-7-9-17(23)10-8-15/h2-12,20H,13H2,1H3,(H,24,27). The van der Waals surface area contributed by atoms with Crippen LogP contribution >= 0.6 is 23.1 Å². The predicted octanol–water partition coefficient (Wildman–Crippen LogP) is 5.24. The van der Waals surface area contributed by atoms with E-state index in [1.165, 1.54) is 35.2 Å². The highest BCUT2D eigenvalue weighted by molar-refractivity contribution is 7.99. The van der Waals surface area contributed by atoms with Crippen LogP contribution in [-0.2, 0) is 4.79 Å². The number of hydrogen-bond donors (Lipinski definition) is 1. The molecule has 4 aromatic rings. The fourth-order valence-electron chi connectivity index (χ4n) is 2.92. The van der Waals surface area contributed by atoms with Gasteiger partial charge in [-0.15, -0.1) is 21.5 Å². The smallest absolute Gasteiger partial charge is 0.277 e. The van der Waals surface area contributed by atoms with Gasteiger partial charge in [-0.2, -0.15) is 0 Å². The van der Waals surface area contributed by atoms with Gasteiger partial charge < -0.3 is 9.73 Å². The average Bonchev–Trinajstić information content (AvgIpc) is 3.44. The number of carbonyl (C=O) groups excluding carboxylic acids is 1. The van der Waals surface area contributed by atoms with Crippen molar-refractivity contribution in [2.24, 2.45) is 0 Å². The van der Waals surface area contributed by atoms with E-state index >= 15 is 0 Å². The van der Waals surface area contributed by atoms with Crippen LogP contribution in [0.3, 0.4) is 0 Å². The molecule has 1 amide bonds. The first-order valence-corrected chi connectivity index (χ1v) is 11.1. The molecular weight excluding hydrogens is 421 g/mol. The third-order valence-corrected chi connectivity index (χ3v) is 6.09. The number of carbonyl (C=O) groups is 1. The molecule has 8 heteroatoms. The quantitative estimate of drug-likeness (QED) is 0.399. The van der Waals surface area contributed by atoms with Crippen LogP contribution in [0.1, 0.15) is 22.0 Å². The summed E-state index contributed by atoms with van der Waals surface area (Å²) in [5.74, 6) is 0.0483. The molecule has 1 N–H and O–H groups in total. The lowest BCUT2D eigenvalue weighted by Gasteiger charge is -2.18. The number of nitrogens with one attached hydrogen (secondary N) is 1. The molecule has 4 rings (SSSR count). The number of halogens is 1. The number of nitrogens with zero attached hydrogens (tertiary/aromatic N) is 2. The summed E-state index contributed by atoms with van der Waals surface area (Å²) < 4.78 is 19.0. The van der Waals surface area contributed by atoms with Crippen molar-refractivity contribution in [3.05, 3.63) is 87.9 Å². The van der Waals surface area contributed by atoms with Gasteiger partial charge in [-0.3, -0.25) is 4.79 Å². The molecule has 0 fully saturated rings. The number of thiophene rings is 1. The summed E-state index contributed by atoms with van der Waals surface area (Å²) in [7, 11) is 0. The van der Waals surface area contributed by atoms with Gasteiger partial charge in [0.15, 0.2) is 0 Å². The van der Waals surface area contributed by atoms with Gasteiger partial charge in [0.05, 0.1) is 11.8 Å². The van der Waals surface area contributed by atoms with Gasteiger partial charge in [-0.1, -0.05) is 47.7 Å². The first-order valence-electron chi connectivity index (χ1n) is 9.20. The Hall–Kier alpha value is -2.97. The van der Waals surface area contributed by atoms with Crippen LogP contribution < -0.4 is 5.32 Å². The molecule has 0 spiro atoms. The summed E-state index contributed by atoms with van der Waals surface area (Å²) in [6.07, 6.45) is 0. The number of rotatable bonds is 7. The van der Waals surface area contributed by atoms with E-state index in [9.17, 15) is 9.18 Å². The minimum Gasteiger partial charge on any atom is -0.411 e. The SMILES string of the molecule is Cc1cccc(-c2nnc(SCC(=O)NC(c3ccc(F)cc3)c3cccs3)o2)c1. The van der Waals surface area contributed by atoms with E-state index in [2.05, 4.69) is 15.5 Å². The van der Waals surface area contributed by atoms with E-state index in [4.69, 9.17) is 4.42 Å². The fourth-order valence-corrected chi connectivity index (χ4v) is 4.30. The second-order valence-corrected chi connectivity index (χ2v) is 8.50. The molecule has 1 unspecified atom stereocenters. The number of aryl methyl sites for hydroxylation is 1. The van der Waals surface area contributed by atoms with Crippen molar-refractivity contribution in [1.82, 2.24) is 15.5 Å². The van der Waals surface area contributed by atoms with Crippen LogP contribution in [-0.4, -0.2) is 21.9 Å². The van der Waals surface area contributed by atoms with Crippen molar-refractivity contribution in [3.63, 3.8) is 0 Å². The fraction of sp³-hybridized carbons (Fsp3) is 0.136. The van der Waals surface area contributed by atoms with Crippen LogP contribution in [0.4, 0.5) is 4.39 Å². The van der Waals surface area contributed by atoms with Gasteiger partial charge in [0.25, 0.3) is 5.22 Å². The normalized spacial score (nSPS) is 11.9. The van der Waals surface area contributed by atoms with E-state index in [-0.39, 0.29) is 23.5 Å². The molecule has 30 heavy (non-hydrogen) atoms. The average molecular weight is 440 g/mol. The van der Waals surface area contributed by atoms with E-state index < -0.39 is 0 Å². The summed E-state index contributed by atoms with van der Waals surface area (Å²) in [4.78, 5) is 13.6. The Morgan fingerprint density at radius 1 is 1.17 bits per heavy atom. The lowest BCUT2D eigenvalue weighted by atomic mass is 10.1. The lowest BCUT2D eigenvalue weighted by Crippen LogP contribution is -2.30. The molecular formula is C22H18FN3O2S2. The molecule has 0 aliphatic heterocycles. The van der Waals surface area contributed by atoms with Gasteiger partial charge in [0.2, 0.25) is 11.8 Å². The van der Waals surface area contributed by atoms with Gasteiger partial charge in [-0.05, 0) is 48.2 Å². The van der Waals surface area contributed by atoms with Crippen molar-refractivity contribution < 1.29 is 13.6 Å². The number of benzene rings is 2. The zero-order valence-corrected chi connectivity index (χ0v) is 17.7. The molecule has 0 saturated heterocycles. The Kier molecular flexibility index (Phi) is 6.25. The van der Waals surface area contributed by atoms with E-state index in [0.29, 0.717) is 11.1 Å². The molecule has 0 bridgehead atoms. The Morgan fingerprint density at radius 3 is 2.73 bits per heavy atom. The zero-order valence-electron chi connectivity index (χ0n) is 16.0. The predicted molar refractivity (Wildman–Crippen MR) is 116 cm³/mol. The van der Waals surface area contributed by atoms with Gasteiger partial charge in [-0.25, -0.2) is 4.39 Å². The third kappa shape index (κ3) is 4.95. The first kappa shape index (κ1) is 20.3. The monoisotopic (exact) mass is 439 g/mol. The highest BCUT2D eigenvalue weighted by atomic mass is 32.2. The minimum absolute atomic E-state index is 0.124. The largest absolute Gasteiger partial charge is 0.411 e. The van der Waals surface area contributed by atoms with Gasteiger partial charge >= 0.3 is 0 Å². The van der Waals surface area contributed by atoms with Crippen molar-refractivity contribution in [2.45, 2.75) is 18.2 Å². The second-order valence-electron chi connectivity index (χ2n) is 6.60. The highest BCUT2D eigenvalue weighted by Crippen LogP contribution is 2.27. The number of hydrogen-bond acceptors (Lipinski definition) is 6. The molecule has 0 aliphatic carbocycles. The molecule has 1 atom stereocenters. The van der Waals surface area contributed by atoms with E-state index in [1.807, 2.05) is 48.7 Å². The van der Waals surface area contributed by atoms with Crippen LogP contribution in [0, 0.1) is 12.7 Å². The number of amides is 1. The van der Waals surface area contributed by atoms with E-state index in [0.717, 1.165) is 21.6 Å². The topological polar surface area (TPSA) is 68.0 Å². The molecule has 0 saturated carbocycles. The minimum atomic E-state index is -0.343. The number of thioether (sulfide) groups is 1. The van der Waals surface area contributed by atoms with Crippen molar-refractivity contribution in [3.8, 4) is 11.5 Å². The second kappa shape index (κ2) is 9.23. The van der Waals surface area contributed by atoms with Crippen LogP contribution in [0.25, 0.3) is 11.5 Å². The first-order chi connectivity index (χ1) is 14.6. The van der Waals surface area contributed by atoms with Crippen molar-refractivity contribution in [1.29, 1.82) is 0 Å². The maximum absolute atomic E-state index is 13.3. The summed E-state index contributed by atoms with van der Waals surface area (Å²) in [5.41, 5.74) is 2.75. The molecule has 5 nitrogen and oxygen atoms in total. The van der Waals surface area contributed by atoms with Gasteiger partial charge in [0, 0.05) is 10.4 Å². The number of aromatic nitrogens is 2. The molecule has 0 aliphatic rings. The highest BCUT2D eigenvalue weighted by Gasteiger charge is 2.19. The Bertz CT molecular complexity index is 1130. The lowest BCUT2D eigenvalue weighted by molar-refractivity contribution is -0.119. The maximum Gasteiger partial charge on any atom is 0.277 e. The molecule has 2 heterocycles. The summed E-state index contributed by atoms with van der Waals surface area (Å²) in [5, 5.41) is 13.4. The molecule has 2 aromatic carbocycles. The van der Waals surface area contributed by atoms with Crippen molar-refractivity contribution >= 4 is 29.0 Å². The molecule has 2 aromatic heterocycles. The molecule has 152 valence electrons. The molecule has 0 radical (unpaired) electrons.